The van der Waals surface area contributed by atoms with Crippen molar-refractivity contribution in [3.05, 3.63) is 18.1 Å². The smallest absolute Gasteiger partial charge is 0.433 e. The van der Waals surface area contributed by atoms with Crippen LogP contribution in [0.15, 0.2) is 12.4 Å². The van der Waals surface area contributed by atoms with Gasteiger partial charge in [-0.3, -0.25) is 4.79 Å². The van der Waals surface area contributed by atoms with E-state index in [-0.39, 0.29) is 24.6 Å². The van der Waals surface area contributed by atoms with Crippen LogP contribution in [-0.4, -0.2) is 38.2 Å². The van der Waals surface area contributed by atoms with E-state index < -0.39 is 23.9 Å². The fraction of sp³-hybridized carbons (Fsp3) is 0.500. The number of carbonyl (C=O) groups excluding carboxylic acids is 1. The van der Waals surface area contributed by atoms with E-state index >= 15 is 0 Å². The second-order valence-electron chi connectivity index (χ2n) is 4.55. The van der Waals surface area contributed by atoms with Crippen LogP contribution in [0.2, 0.25) is 0 Å². The quantitative estimate of drug-likeness (QED) is 0.848. The number of carbonyl (C=O) groups is 1. The topological polar surface area (TPSA) is 81.4 Å². The molecule has 22 heavy (non-hydrogen) atoms. The number of nitrogens with one attached hydrogen (secondary N) is 1. The predicted octanol–water partition coefficient (Wildman–Crippen LogP) is 1.90. The molecule has 1 N–H and O–H groups in total. The molecule has 120 valence electrons. The van der Waals surface area contributed by atoms with Crippen molar-refractivity contribution in [2.24, 2.45) is 0 Å². The normalized spacial score (nSPS) is 13.1. The highest BCUT2D eigenvalue weighted by Crippen LogP contribution is 2.29. The number of halogens is 3. The minimum absolute atomic E-state index is 0.00764. The number of nitrogens with zero attached hydrogens (tertiary/aromatic N) is 4. The number of alkyl halides is 3. The van der Waals surface area contributed by atoms with Crippen LogP contribution in [0, 0.1) is 0 Å². The zero-order chi connectivity index (χ0) is 16.3. The molecule has 0 fully saturated rings. The van der Waals surface area contributed by atoms with E-state index in [1.165, 1.54) is 0 Å². The Labute approximate surface area is 123 Å². The standard InChI is InChI=1S/C12H14F3N5O2/c1-3-22-10(21)4-7(2)18-9-5-8(12(13,14)15)19-11-16-6-17-20(9)11/h5-7,18H,3-4H2,1-2H3. The zero-order valence-corrected chi connectivity index (χ0v) is 11.9. The number of aromatic nitrogens is 4. The molecule has 0 aliphatic rings. The first-order valence-corrected chi connectivity index (χ1v) is 6.51. The molecule has 0 saturated heterocycles. The van der Waals surface area contributed by atoms with E-state index in [4.69, 9.17) is 4.74 Å². The van der Waals surface area contributed by atoms with Crippen LogP contribution in [0.25, 0.3) is 5.78 Å². The molecule has 0 spiro atoms. The van der Waals surface area contributed by atoms with E-state index in [2.05, 4.69) is 20.4 Å². The number of hydrogen-bond donors (Lipinski definition) is 1. The van der Waals surface area contributed by atoms with Gasteiger partial charge in [0, 0.05) is 12.1 Å². The van der Waals surface area contributed by atoms with Crippen molar-refractivity contribution < 1.29 is 22.7 Å². The molecule has 2 aromatic rings. The molecule has 1 unspecified atom stereocenters. The van der Waals surface area contributed by atoms with Crippen LogP contribution in [-0.2, 0) is 15.7 Å². The minimum atomic E-state index is -4.60. The molecular weight excluding hydrogens is 303 g/mol. The van der Waals surface area contributed by atoms with Crippen molar-refractivity contribution in [1.29, 1.82) is 0 Å². The number of hydrogen-bond acceptors (Lipinski definition) is 6. The van der Waals surface area contributed by atoms with Gasteiger partial charge in [-0.1, -0.05) is 0 Å². The van der Waals surface area contributed by atoms with Crippen LogP contribution >= 0.6 is 0 Å². The highest BCUT2D eigenvalue weighted by molar-refractivity contribution is 5.70. The van der Waals surface area contributed by atoms with Crippen molar-refractivity contribution in [3.63, 3.8) is 0 Å². The van der Waals surface area contributed by atoms with Crippen LogP contribution in [0.1, 0.15) is 26.0 Å². The summed E-state index contributed by atoms with van der Waals surface area (Å²) < 4.78 is 44.4. The molecular formula is C12H14F3N5O2. The third-order valence-electron chi connectivity index (χ3n) is 2.71. The van der Waals surface area contributed by atoms with E-state index in [1.807, 2.05) is 0 Å². The molecule has 2 heterocycles. The van der Waals surface area contributed by atoms with E-state index in [9.17, 15) is 18.0 Å². The Bertz CT molecular complexity index is 670. The SMILES string of the molecule is CCOC(=O)CC(C)Nc1cc(C(F)(F)F)nc2ncnn12. The number of fused-ring (bicyclic) bond motifs is 1. The largest absolute Gasteiger partial charge is 0.466 e. The molecule has 0 aliphatic carbocycles. The lowest BCUT2D eigenvalue weighted by atomic mass is 10.2. The van der Waals surface area contributed by atoms with Crippen LogP contribution in [0.5, 0.6) is 0 Å². The van der Waals surface area contributed by atoms with Crippen LogP contribution in [0.4, 0.5) is 19.0 Å². The Morgan fingerprint density at radius 2 is 2.23 bits per heavy atom. The summed E-state index contributed by atoms with van der Waals surface area (Å²) in [4.78, 5) is 18.5. The van der Waals surface area contributed by atoms with Crippen LogP contribution < -0.4 is 5.32 Å². The van der Waals surface area contributed by atoms with E-state index in [1.54, 1.807) is 13.8 Å². The maximum Gasteiger partial charge on any atom is 0.433 e. The molecule has 10 heteroatoms. The van der Waals surface area contributed by atoms with Crippen molar-refractivity contribution in [1.82, 2.24) is 19.6 Å². The Morgan fingerprint density at radius 1 is 1.50 bits per heavy atom. The van der Waals surface area contributed by atoms with Gasteiger partial charge >= 0.3 is 12.1 Å². The first-order chi connectivity index (χ1) is 10.3. The molecule has 0 saturated carbocycles. The zero-order valence-electron chi connectivity index (χ0n) is 11.9. The van der Waals surface area contributed by atoms with Gasteiger partial charge in [0.25, 0.3) is 5.78 Å². The van der Waals surface area contributed by atoms with Gasteiger partial charge in [0.1, 0.15) is 12.1 Å². The molecule has 7 nitrogen and oxygen atoms in total. The average Bonchev–Trinajstić information content (AvgIpc) is 2.86. The van der Waals surface area contributed by atoms with Crippen molar-refractivity contribution >= 4 is 17.6 Å². The lowest BCUT2D eigenvalue weighted by Gasteiger charge is -2.16. The van der Waals surface area contributed by atoms with Gasteiger partial charge < -0.3 is 10.1 Å². The number of anilines is 1. The molecule has 0 amide bonds. The van der Waals surface area contributed by atoms with Gasteiger partial charge in [0.2, 0.25) is 0 Å². The van der Waals surface area contributed by atoms with Crippen molar-refractivity contribution in [2.75, 3.05) is 11.9 Å². The van der Waals surface area contributed by atoms with E-state index in [0.29, 0.717) is 0 Å². The summed E-state index contributed by atoms with van der Waals surface area (Å²) in [6.45, 7) is 3.56. The summed E-state index contributed by atoms with van der Waals surface area (Å²) in [7, 11) is 0. The maximum atomic E-state index is 12.8. The Kier molecular flexibility index (Phi) is 4.48. The summed E-state index contributed by atoms with van der Waals surface area (Å²) >= 11 is 0. The second kappa shape index (κ2) is 6.16. The second-order valence-corrected chi connectivity index (χ2v) is 4.55. The van der Waals surface area contributed by atoms with Gasteiger partial charge in [-0.05, 0) is 13.8 Å². The number of rotatable bonds is 5. The van der Waals surface area contributed by atoms with Gasteiger partial charge in [0.15, 0.2) is 5.69 Å². The summed E-state index contributed by atoms with van der Waals surface area (Å²) in [6, 6.07) is 0.374. The Morgan fingerprint density at radius 3 is 2.86 bits per heavy atom. The van der Waals surface area contributed by atoms with Gasteiger partial charge in [-0.15, -0.1) is 0 Å². The molecule has 0 aliphatic heterocycles. The van der Waals surface area contributed by atoms with Crippen molar-refractivity contribution in [2.45, 2.75) is 32.5 Å². The fourth-order valence-corrected chi connectivity index (χ4v) is 1.83. The molecule has 0 aromatic carbocycles. The molecule has 2 aromatic heterocycles. The van der Waals surface area contributed by atoms with Crippen LogP contribution in [0.3, 0.4) is 0 Å². The molecule has 0 radical (unpaired) electrons. The highest BCUT2D eigenvalue weighted by Gasteiger charge is 2.34. The Balaban J connectivity index is 2.26. The Hall–Kier alpha value is -2.39. The first kappa shape index (κ1) is 16.0. The number of esters is 1. The third-order valence-corrected chi connectivity index (χ3v) is 2.71. The third kappa shape index (κ3) is 3.62. The first-order valence-electron chi connectivity index (χ1n) is 6.51. The number of ether oxygens (including phenoxy) is 1. The van der Waals surface area contributed by atoms with Crippen molar-refractivity contribution in [3.8, 4) is 0 Å². The van der Waals surface area contributed by atoms with Gasteiger partial charge in [-0.25, -0.2) is 4.98 Å². The minimum Gasteiger partial charge on any atom is -0.466 e. The average molecular weight is 317 g/mol. The molecule has 1 atom stereocenters. The van der Waals surface area contributed by atoms with Gasteiger partial charge in [-0.2, -0.15) is 27.8 Å². The predicted molar refractivity (Wildman–Crippen MR) is 70.1 cm³/mol. The highest BCUT2D eigenvalue weighted by atomic mass is 19.4. The summed E-state index contributed by atoms with van der Waals surface area (Å²) in [5.41, 5.74) is -1.08. The lowest BCUT2D eigenvalue weighted by molar-refractivity contribution is -0.143. The monoisotopic (exact) mass is 317 g/mol. The maximum absolute atomic E-state index is 12.8. The molecule has 0 bridgehead atoms. The summed E-state index contributed by atoms with van der Waals surface area (Å²) in [6.07, 6.45) is -3.49. The summed E-state index contributed by atoms with van der Waals surface area (Å²) in [5.74, 6) is -0.574. The van der Waals surface area contributed by atoms with E-state index in [0.717, 1.165) is 16.9 Å². The summed E-state index contributed by atoms with van der Waals surface area (Å²) in [5, 5.41) is 6.60. The fourth-order valence-electron chi connectivity index (χ4n) is 1.83. The van der Waals surface area contributed by atoms with Gasteiger partial charge in [0.05, 0.1) is 13.0 Å². The molecule has 2 rings (SSSR count). The lowest BCUT2D eigenvalue weighted by Crippen LogP contribution is -2.23.